The molecule has 0 bridgehead atoms. The first-order valence-electron chi connectivity index (χ1n) is 10.4. The van der Waals surface area contributed by atoms with Crippen molar-refractivity contribution in [1.82, 2.24) is 5.32 Å². The molecule has 0 aliphatic heterocycles. The van der Waals surface area contributed by atoms with Gasteiger partial charge < -0.3 is 20.1 Å². The highest BCUT2D eigenvalue weighted by Gasteiger charge is 2.20. The molecule has 2 rings (SSSR count). The SMILES string of the molecule is CC(C)Oc1ccc(NC(=NCCCS(C)(=O)=O)NCCCOCC2CC2)cc1.I. The lowest BCUT2D eigenvalue weighted by molar-refractivity contribution is 0.123. The number of halogens is 1. The Kier molecular flexibility index (Phi) is 12.7. The molecule has 7 nitrogen and oxygen atoms in total. The van der Waals surface area contributed by atoms with Gasteiger partial charge in [-0.15, -0.1) is 24.0 Å². The minimum atomic E-state index is -2.97. The van der Waals surface area contributed by atoms with Gasteiger partial charge in [0.2, 0.25) is 0 Å². The van der Waals surface area contributed by atoms with Gasteiger partial charge in [-0.1, -0.05) is 0 Å². The molecular formula is C21H36IN3O4S. The summed E-state index contributed by atoms with van der Waals surface area (Å²) in [5.41, 5.74) is 0.889. The van der Waals surface area contributed by atoms with E-state index in [2.05, 4.69) is 15.6 Å². The zero-order valence-corrected chi connectivity index (χ0v) is 21.4. The Hall–Kier alpha value is -1.07. The summed E-state index contributed by atoms with van der Waals surface area (Å²) >= 11 is 0. The van der Waals surface area contributed by atoms with Crippen LogP contribution in [0.5, 0.6) is 5.75 Å². The maximum atomic E-state index is 11.3. The van der Waals surface area contributed by atoms with Crippen LogP contribution in [0.2, 0.25) is 0 Å². The Morgan fingerprint density at radius 1 is 1.20 bits per heavy atom. The van der Waals surface area contributed by atoms with Crippen LogP contribution >= 0.6 is 24.0 Å². The van der Waals surface area contributed by atoms with E-state index in [0.29, 0.717) is 18.9 Å². The Bertz CT molecular complexity index is 735. The van der Waals surface area contributed by atoms with Crippen molar-refractivity contribution in [1.29, 1.82) is 0 Å². The normalized spacial score (nSPS) is 14.3. The first-order valence-corrected chi connectivity index (χ1v) is 12.5. The maximum absolute atomic E-state index is 11.3. The molecule has 0 unspecified atom stereocenters. The predicted octanol–water partition coefficient (Wildman–Crippen LogP) is 3.70. The summed E-state index contributed by atoms with van der Waals surface area (Å²) < 4.78 is 33.9. The van der Waals surface area contributed by atoms with Gasteiger partial charge in [-0.2, -0.15) is 0 Å². The number of ether oxygens (including phenoxy) is 2. The van der Waals surface area contributed by atoms with Gasteiger partial charge in [0.15, 0.2) is 5.96 Å². The van der Waals surface area contributed by atoms with Crippen molar-refractivity contribution in [2.45, 2.75) is 45.6 Å². The lowest BCUT2D eigenvalue weighted by Gasteiger charge is -2.14. The standard InChI is InChI=1S/C21H35N3O4S.HI/c1-17(2)28-20-10-8-19(9-11-20)24-21(23-13-5-15-29(3,25)26)22-12-4-14-27-16-18-6-7-18;/h8-11,17-18H,4-7,12-16H2,1-3H3,(H2,22,23,24);1H. The number of aliphatic imine (C=N–C) groups is 1. The van der Waals surface area contributed by atoms with Gasteiger partial charge in [0.1, 0.15) is 15.6 Å². The lowest BCUT2D eigenvalue weighted by Crippen LogP contribution is -2.32. The summed E-state index contributed by atoms with van der Waals surface area (Å²) in [5.74, 6) is 2.37. The molecular weight excluding hydrogens is 517 g/mol. The van der Waals surface area contributed by atoms with Crippen molar-refractivity contribution >= 4 is 45.5 Å². The van der Waals surface area contributed by atoms with E-state index in [0.717, 1.165) is 43.5 Å². The molecule has 1 aliphatic rings. The van der Waals surface area contributed by atoms with Gasteiger partial charge in [0, 0.05) is 38.2 Å². The zero-order valence-electron chi connectivity index (χ0n) is 18.2. The second-order valence-corrected chi connectivity index (χ2v) is 10.1. The fourth-order valence-electron chi connectivity index (χ4n) is 2.60. The number of nitrogens with one attached hydrogen (secondary N) is 2. The topological polar surface area (TPSA) is 89.0 Å². The fourth-order valence-corrected chi connectivity index (χ4v) is 3.25. The molecule has 0 amide bonds. The van der Waals surface area contributed by atoms with E-state index < -0.39 is 9.84 Å². The minimum absolute atomic E-state index is 0. The third-order valence-corrected chi connectivity index (χ3v) is 5.27. The largest absolute Gasteiger partial charge is 0.491 e. The zero-order chi connectivity index (χ0) is 21.1. The molecule has 0 spiro atoms. The summed E-state index contributed by atoms with van der Waals surface area (Å²) in [7, 11) is -2.97. The monoisotopic (exact) mass is 553 g/mol. The van der Waals surface area contributed by atoms with E-state index in [1.165, 1.54) is 19.1 Å². The van der Waals surface area contributed by atoms with Crippen molar-refractivity contribution in [2.75, 3.05) is 43.6 Å². The molecule has 1 aromatic carbocycles. The maximum Gasteiger partial charge on any atom is 0.195 e. The predicted molar refractivity (Wildman–Crippen MR) is 134 cm³/mol. The Morgan fingerprint density at radius 3 is 2.50 bits per heavy atom. The summed E-state index contributed by atoms with van der Waals surface area (Å²) in [4.78, 5) is 4.51. The lowest BCUT2D eigenvalue weighted by atomic mass is 10.3. The van der Waals surface area contributed by atoms with E-state index in [4.69, 9.17) is 9.47 Å². The second-order valence-electron chi connectivity index (χ2n) is 7.83. The number of benzene rings is 1. The number of hydrogen-bond donors (Lipinski definition) is 2. The summed E-state index contributed by atoms with van der Waals surface area (Å²) in [5, 5.41) is 6.56. The van der Waals surface area contributed by atoms with Crippen LogP contribution in [-0.2, 0) is 14.6 Å². The molecule has 0 atom stereocenters. The number of rotatable bonds is 13. The molecule has 30 heavy (non-hydrogen) atoms. The number of anilines is 1. The van der Waals surface area contributed by atoms with Crippen LogP contribution in [0.4, 0.5) is 5.69 Å². The summed E-state index contributed by atoms with van der Waals surface area (Å²) in [6, 6.07) is 7.69. The van der Waals surface area contributed by atoms with E-state index >= 15 is 0 Å². The van der Waals surface area contributed by atoms with E-state index in [1.54, 1.807) is 0 Å². The van der Waals surface area contributed by atoms with E-state index in [9.17, 15) is 8.42 Å². The van der Waals surface area contributed by atoms with E-state index in [-0.39, 0.29) is 35.8 Å². The van der Waals surface area contributed by atoms with Crippen LogP contribution in [-0.4, -0.2) is 58.8 Å². The van der Waals surface area contributed by atoms with Crippen molar-refractivity contribution in [3.63, 3.8) is 0 Å². The molecule has 1 aromatic rings. The Morgan fingerprint density at radius 2 is 1.90 bits per heavy atom. The van der Waals surface area contributed by atoms with Crippen molar-refractivity contribution < 1.29 is 17.9 Å². The van der Waals surface area contributed by atoms with Crippen LogP contribution in [0, 0.1) is 5.92 Å². The van der Waals surface area contributed by atoms with Crippen LogP contribution < -0.4 is 15.4 Å². The second kappa shape index (κ2) is 14.1. The van der Waals surface area contributed by atoms with Crippen molar-refractivity contribution in [3.8, 4) is 5.75 Å². The Balaban J connectivity index is 0.00000450. The number of hydrogen-bond acceptors (Lipinski definition) is 5. The van der Waals surface area contributed by atoms with Crippen LogP contribution in [0.1, 0.15) is 39.5 Å². The highest BCUT2D eigenvalue weighted by molar-refractivity contribution is 14.0. The summed E-state index contributed by atoms with van der Waals surface area (Å²) in [6.45, 7) is 6.76. The molecule has 9 heteroatoms. The molecule has 2 N–H and O–H groups in total. The molecule has 0 heterocycles. The van der Waals surface area contributed by atoms with Gasteiger partial charge in [-0.3, -0.25) is 4.99 Å². The third kappa shape index (κ3) is 13.3. The quantitative estimate of drug-likeness (QED) is 0.168. The number of sulfone groups is 1. The van der Waals surface area contributed by atoms with E-state index in [1.807, 2.05) is 38.1 Å². The highest BCUT2D eigenvalue weighted by Crippen LogP contribution is 2.28. The summed E-state index contributed by atoms with van der Waals surface area (Å²) in [6.07, 6.45) is 5.36. The van der Waals surface area contributed by atoms with Crippen molar-refractivity contribution in [3.05, 3.63) is 24.3 Å². The highest BCUT2D eigenvalue weighted by atomic mass is 127. The van der Waals surface area contributed by atoms with Crippen LogP contribution in [0.3, 0.4) is 0 Å². The van der Waals surface area contributed by atoms with Gasteiger partial charge in [-0.05, 0) is 69.7 Å². The fraction of sp³-hybridized carbons (Fsp3) is 0.667. The molecule has 1 fully saturated rings. The van der Waals surface area contributed by atoms with Gasteiger partial charge in [0.05, 0.1) is 11.9 Å². The molecule has 0 saturated heterocycles. The van der Waals surface area contributed by atoms with Crippen LogP contribution in [0.25, 0.3) is 0 Å². The Labute approximate surface area is 198 Å². The molecule has 1 aliphatic carbocycles. The van der Waals surface area contributed by atoms with Crippen LogP contribution in [0.15, 0.2) is 29.3 Å². The number of guanidine groups is 1. The number of nitrogens with zero attached hydrogens (tertiary/aromatic N) is 1. The van der Waals surface area contributed by atoms with Gasteiger partial charge in [0.25, 0.3) is 0 Å². The molecule has 0 aromatic heterocycles. The molecule has 0 radical (unpaired) electrons. The first kappa shape index (κ1) is 27.0. The minimum Gasteiger partial charge on any atom is -0.491 e. The average molecular weight is 554 g/mol. The third-order valence-electron chi connectivity index (χ3n) is 4.24. The van der Waals surface area contributed by atoms with Gasteiger partial charge in [-0.25, -0.2) is 8.42 Å². The first-order chi connectivity index (χ1) is 13.8. The average Bonchev–Trinajstić information content (AvgIpc) is 3.46. The van der Waals surface area contributed by atoms with Gasteiger partial charge >= 0.3 is 0 Å². The van der Waals surface area contributed by atoms with Crippen molar-refractivity contribution in [2.24, 2.45) is 10.9 Å². The molecule has 1 saturated carbocycles. The molecule has 172 valence electrons. The smallest absolute Gasteiger partial charge is 0.195 e.